The van der Waals surface area contributed by atoms with E-state index in [1.54, 1.807) is 18.3 Å². The van der Waals surface area contributed by atoms with Crippen LogP contribution in [0.3, 0.4) is 0 Å². The number of halogens is 1. The zero-order valence-corrected chi connectivity index (χ0v) is 9.05. The topological polar surface area (TPSA) is 62.8 Å². The minimum atomic E-state index is -1.30. The van der Waals surface area contributed by atoms with Crippen LogP contribution in [0.4, 0.5) is 0 Å². The molecule has 0 aliphatic carbocycles. The van der Waals surface area contributed by atoms with Crippen molar-refractivity contribution in [3.05, 3.63) is 29.0 Å². The van der Waals surface area contributed by atoms with Crippen molar-refractivity contribution in [3.63, 3.8) is 0 Å². The molecule has 0 aromatic carbocycles. The minimum absolute atomic E-state index is 0.282. The number of nitrogens with zero attached hydrogens (tertiary/aromatic N) is 3. The lowest BCUT2D eigenvalue weighted by atomic mass is 10.3. The maximum atomic E-state index is 11.0. The molecule has 0 fully saturated rings. The van der Waals surface area contributed by atoms with Gasteiger partial charge in [0.15, 0.2) is 5.26 Å². The second-order valence-corrected chi connectivity index (χ2v) is 4.23. The first-order chi connectivity index (χ1) is 6.63. The van der Waals surface area contributed by atoms with Crippen molar-refractivity contribution >= 4 is 22.6 Å². The molecule has 1 aromatic rings. The Balaban J connectivity index is 2.85. The van der Waals surface area contributed by atoms with Crippen molar-refractivity contribution in [2.75, 3.05) is 6.26 Å². The molecule has 1 aromatic heterocycles. The Bertz CT molecular complexity index is 392. The maximum Gasteiger partial charge on any atom is 0.464 e. The first-order valence-electron chi connectivity index (χ1n) is 3.74. The summed E-state index contributed by atoms with van der Waals surface area (Å²) in [7, 11) is -1.30. The van der Waals surface area contributed by atoms with E-state index in [0.29, 0.717) is 5.15 Å². The largest absolute Gasteiger partial charge is 0.772 e. The summed E-state index contributed by atoms with van der Waals surface area (Å²) in [6.07, 6.45) is 4.84. The van der Waals surface area contributed by atoms with Crippen molar-refractivity contribution < 1.29 is 8.50 Å². The molecular formula is C8H8ClN3OS. The van der Waals surface area contributed by atoms with Crippen molar-refractivity contribution in [1.29, 1.82) is 5.26 Å². The number of rotatable bonds is 2. The molecule has 1 heterocycles. The van der Waals surface area contributed by atoms with Crippen LogP contribution in [0.1, 0.15) is 5.56 Å². The quantitative estimate of drug-likeness (QED) is 0.332. The normalized spacial score (nSPS) is 13.1. The molecule has 0 N–H and O–H groups in total. The van der Waals surface area contributed by atoms with Gasteiger partial charge in [-0.1, -0.05) is 17.7 Å². The third kappa shape index (κ3) is 3.07. The average Bonchev–Trinajstić information content (AvgIpc) is 2.16. The highest BCUT2D eigenvalue weighted by molar-refractivity contribution is 7.78. The predicted octanol–water partition coefficient (Wildman–Crippen LogP) is 1.29. The van der Waals surface area contributed by atoms with Gasteiger partial charge in [0.25, 0.3) is 0 Å². The summed E-state index contributed by atoms with van der Waals surface area (Å²) < 4.78 is 12.2. The summed E-state index contributed by atoms with van der Waals surface area (Å²) in [5.41, 5.74) is 0.797. The molecule has 0 aliphatic heterocycles. The fraction of sp³-hybridized carbons (Fsp3) is 0.250. The van der Waals surface area contributed by atoms with E-state index < -0.39 is 11.0 Å². The van der Waals surface area contributed by atoms with Crippen LogP contribution in [0.25, 0.3) is 0 Å². The maximum absolute atomic E-state index is 11.0. The lowest BCUT2D eigenvalue weighted by Gasteiger charge is -2.06. The van der Waals surface area contributed by atoms with Crippen LogP contribution in [-0.2, 0) is 17.5 Å². The molecule has 74 valence electrons. The van der Waals surface area contributed by atoms with Crippen molar-refractivity contribution in [1.82, 2.24) is 4.98 Å². The second kappa shape index (κ2) is 5.05. The molecule has 0 spiro atoms. The highest BCUT2D eigenvalue weighted by Gasteiger charge is 2.02. The Morgan fingerprint density at radius 2 is 2.43 bits per heavy atom. The van der Waals surface area contributed by atoms with Gasteiger partial charge < -0.3 is 4.55 Å². The molecule has 0 aliphatic rings. The Morgan fingerprint density at radius 3 is 2.86 bits per heavy atom. The summed E-state index contributed by atoms with van der Waals surface area (Å²) in [6.45, 7) is 0.282. The highest BCUT2D eigenvalue weighted by atomic mass is 35.5. The molecule has 0 saturated carbocycles. The molecule has 6 heteroatoms. The number of hydrogen-bond donors (Lipinski definition) is 0. The van der Waals surface area contributed by atoms with E-state index in [0.717, 1.165) is 9.51 Å². The van der Waals surface area contributed by atoms with E-state index in [1.165, 1.54) is 6.26 Å². The van der Waals surface area contributed by atoms with Gasteiger partial charge in [-0.3, -0.25) is 0 Å². The minimum Gasteiger partial charge on any atom is -0.772 e. The first kappa shape index (κ1) is 11.1. The van der Waals surface area contributed by atoms with Crippen LogP contribution in [0, 0.1) is 11.5 Å². The molecule has 1 unspecified atom stereocenters. The smallest absolute Gasteiger partial charge is 0.464 e. The van der Waals surface area contributed by atoms with E-state index >= 15 is 0 Å². The summed E-state index contributed by atoms with van der Waals surface area (Å²) >= 11 is 5.59. The highest BCUT2D eigenvalue weighted by Crippen LogP contribution is 2.06. The Morgan fingerprint density at radius 1 is 1.71 bits per heavy atom. The molecular weight excluding hydrogens is 222 g/mol. The van der Waals surface area contributed by atoms with Crippen molar-refractivity contribution in [2.45, 2.75) is 6.54 Å². The Labute approximate surface area is 89.7 Å². The Hall–Kier alpha value is -0.960. The van der Waals surface area contributed by atoms with Gasteiger partial charge in [0, 0.05) is 11.8 Å². The zero-order valence-electron chi connectivity index (χ0n) is 7.48. The van der Waals surface area contributed by atoms with Crippen LogP contribution in [0.15, 0.2) is 18.3 Å². The number of pyridine rings is 1. The van der Waals surface area contributed by atoms with Crippen molar-refractivity contribution in [2.24, 2.45) is 0 Å². The van der Waals surface area contributed by atoms with Gasteiger partial charge >= 0.3 is 6.19 Å². The summed E-state index contributed by atoms with van der Waals surface area (Å²) in [6, 6.07) is 3.37. The van der Waals surface area contributed by atoms with Gasteiger partial charge in [0.05, 0.1) is 0 Å². The van der Waals surface area contributed by atoms with Crippen LogP contribution < -0.4 is 0 Å². The molecule has 4 nitrogen and oxygen atoms in total. The number of nitriles is 1. The predicted molar refractivity (Wildman–Crippen MR) is 52.9 cm³/mol. The molecule has 1 rings (SSSR count). The van der Waals surface area contributed by atoms with E-state index in [9.17, 15) is 4.55 Å². The summed E-state index contributed by atoms with van der Waals surface area (Å²) in [4.78, 5) is 3.86. The van der Waals surface area contributed by atoms with Crippen LogP contribution in [0.5, 0.6) is 0 Å². The first-order valence-corrected chi connectivity index (χ1v) is 5.64. The summed E-state index contributed by atoms with van der Waals surface area (Å²) in [5.74, 6) is 0. The van der Waals surface area contributed by atoms with Gasteiger partial charge in [-0.2, -0.15) is 3.95 Å². The summed E-state index contributed by atoms with van der Waals surface area (Å²) in [5, 5.41) is 9.05. The van der Waals surface area contributed by atoms with E-state index in [1.807, 2.05) is 6.19 Å². The SMILES string of the molecule is CS([O-])=[N+](C#N)Cc1ccc(Cl)nc1. The zero-order chi connectivity index (χ0) is 10.6. The molecule has 0 saturated heterocycles. The van der Waals surface area contributed by atoms with Crippen molar-refractivity contribution in [3.8, 4) is 6.19 Å². The van der Waals surface area contributed by atoms with Crippen LogP contribution in [0.2, 0.25) is 5.15 Å². The standard InChI is InChI=1S/C8H8ClN3OS/c1-14(13)12(6-10)5-7-2-3-8(9)11-4-7/h2-4H,5H2,1H3. The number of aromatic nitrogens is 1. The van der Waals surface area contributed by atoms with Crippen LogP contribution >= 0.6 is 11.6 Å². The number of hydrogen-bond acceptors (Lipinski definition) is 3. The van der Waals surface area contributed by atoms with Gasteiger partial charge in [0.2, 0.25) is 0 Å². The van der Waals surface area contributed by atoms with Gasteiger partial charge in [0.1, 0.15) is 11.7 Å². The lowest BCUT2D eigenvalue weighted by molar-refractivity contribution is -0.433. The van der Waals surface area contributed by atoms with Crippen LogP contribution in [-0.4, -0.2) is 19.7 Å². The third-order valence-corrected chi connectivity index (χ3v) is 2.59. The Kier molecular flexibility index (Phi) is 4.01. The molecule has 14 heavy (non-hydrogen) atoms. The van der Waals surface area contributed by atoms with Gasteiger partial charge in [-0.15, -0.1) is 11.0 Å². The lowest BCUT2D eigenvalue weighted by Crippen LogP contribution is -2.09. The third-order valence-electron chi connectivity index (χ3n) is 1.54. The van der Waals surface area contributed by atoms with E-state index in [-0.39, 0.29) is 6.54 Å². The second-order valence-electron chi connectivity index (χ2n) is 2.55. The van der Waals surface area contributed by atoms with Gasteiger partial charge in [-0.25, -0.2) is 4.98 Å². The van der Waals surface area contributed by atoms with Gasteiger partial charge in [-0.05, 0) is 12.3 Å². The van der Waals surface area contributed by atoms with E-state index in [2.05, 4.69) is 4.98 Å². The fourth-order valence-corrected chi connectivity index (χ4v) is 1.41. The average molecular weight is 230 g/mol. The molecule has 0 radical (unpaired) electrons. The molecule has 0 amide bonds. The fourth-order valence-electron chi connectivity index (χ4n) is 0.850. The van der Waals surface area contributed by atoms with E-state index in [4.69, 9.17) is 16.9 Å². The monoisotopic (exact) mass is 229 g/mol. The molecule has 0 bridgehead atoms. The molecule has 1 atom stereocenters.